The monoisotopic (exact) mass is 399 g/mol. The Kier molecular flexibility index (Phi) is 6.33. The summed E-state index contributed by atoms with van der Waals surface area (Å²) in [5.74, 6) is 0.0721. The molecule has 9 heteroatoms. The van der Waals surface area contributed by atoms with Crippen molar-refractivity contribution in [3.8, 4) is 11.5 Å². The van der Waals surface area contributed by atoms with Crippen molar-refractivity contribution in [3.05, 3.63) is 47.5 Å². The Morgan fingerprint density at radius 3 is 2.38 bits per heavy atom. The number of carbonyl (C=O) groups excluding carboxylic acids is 1. The van der Waals surface area contributed by atoms with Gasteiger partial charge < -0.3 is 14.2 Å². The van der Waals surface area contributed by atoms with Crippen LogP contribution in [0.25, 0.3) is 0 Å². The first kappa shape index (κ1) is 19.9. The predicted molar refractivity (Wildman–Crippen MR) is 97.5 cm³/mol. The van der Waals surface area contributed by atoms with Gasteiger partial charge >= 0.3 is 5.97 Å². The standard InChI is InChI=1S/C17H18ClNO6S/c1-23-13-6-4-5-12(9-13)19(11-17(20)25-3)26(21,22)14-7-8-16(24-2)15(18)10-14/h4-10H,11H2,1-3H3. The van der Waals surface area contributed by atoms with Gasteiger partial charge in [0.25, 0.3) is 10.0 Å². The molecule has 7 nitrogen and oxygen atoms in total. The summed E-state index contributed by atoms with van der Waals surface area (Å²) in [5, 5.41) is 0.136. The maximum atomic E-state index is 13.1. The number of hydrogen-bond acceptors (Lipinski definition) is 6. The number of ether oxygens (including phenoxy) is 3. The molecular formula is C17H18ClNO6S. The van der Waals surface area contributed by atoms with E-state index in [1.807, 2.05) is 0 Å². The molecule has 0 bridgehead atoms. The lowest BCUT2D eigenvalue weighted by molar-refractivity contribution is -0.138. The van der Waals surface area contributed by atoms with E-state index in [-0.39, 0.29) is 15.6 Å². The van der Waals surface area contributed by atoms with Crippen LogP contribution in [-0.4, -0.2) is 42.3 Å². The molecule has 0 fully saturated rings. The minimum absolute atomic E-state index is 0.0879. The Hall–Kier alpha value is -2.45. The summed E-state index contributed by atoms with van der Waals surface area (Å²) in [7, 11) is -0.0257. The molecule has 0 radical (unpaired) electrons. The Morgan fingerprint density at radius 1 is 1.08 bits per heavy atom. The highest BCUT2D eigenvalue weighted by Crippen LogP contribution is 2.31. The van der Waals surface area contributed by atoms with Crippen LogP contribution in [0.2, 0.25) is 5.02 Å². The minimum atomic E-state index is -4.09. The molecule has 0 N–H and O–H groups in total. The molecule has 0 unspecified atom stereocenters. The van der Waals surface area contributed by atoms with Gasteiger partial charge in [-0.05, 0) is 30.3 Å². The zero-order valence-electron chi connectivity index (χ0n) is 14.4. The van der Waals surface area contributed by atoms with Gasteiger partial charge in [-0.2, -0.15) is 0 Å². The summed E-state index contributed by atoms with van der Waals surface area (Å²) in [6.07, 6.45) is 0. The largest absolute Gasteiger partial charge is 0.497 e. The van der Waals surface area contributed by atoms with Gasteiger partial charge in [0.15, 0.2) is 0 Å². The van der Waals surface area contributed by atoms with Crippen LogP contribution in [0.15, 0.2) is 47.4 Å². The average molecular weight is 400 g/mol. The molecular weight excluding hydrogens is 382 g/mol. The number of rotatable bonds is 7. The lowest BCUT2D eigenvalue weighted by atomic mass is 10.3. The van der Waals surface area contributed by atoms with Gasteiger partial charge in [0, 0.05) is 6.07 Å². The maximum absolute atomic E-state index is 13.1. The first-order valence-corrected chi connectivity index (χ1v) is 9.22. The summed E-state index contributed by atoms with van der Waals surface area (Å²) in [6, 6.07) is 10.4. The van der Waals surface area contributed by atoms with Gasteiger partial charge in [0.2, 0.25) is 0 Å². The van der Waals surface area contributed by atoms with Gasteiger partial charge in [-0.15, -0.1) is 0 Å². The van der Waals surface area contributed by atoms with Crippen molar-refractivity contribution >= 4 is 33.3 Å². The highest BCUT2D eigenvalue weighted by Gasteiger charge is 2.28. The van der Waals surface area contributed by atoms with Crippen LogP contribution >= 0.6 is 11.6 Å². The van der Waals surface area contributed by atoms with E-state index in [9.17, 15) is 13.2 Å². The van der Waals surface area contributed by atoms with Crippen LogP contribution in [0.1, 0.15) is 0 Å². The topological polar surface area (TPSA) is 82.1 Å². The summed E-state index contributed by atoms with van der Waals surface area (Å²) >= 11 is 6.05. The van der Waals surface area contributed by atoms with Gasteiger partial charge in [0.1, 0.15) is 18.0 Å². The molecule has 0 heterocycles. The van der Waals surface area contributed by atoms with E-state index >= 15 is 0 Å². The third kappa shape index (κ3) is 4.20. The smallest absolute Gasteiger partial charge is 0.326 e. The molecule has 0 aliphatic rings. The molecule has 2 aromatic rings. The Balaban J connectivity index is 2.55. The second-order valence-electron chi connectivity index (χ2n) is 5.09. The quantitative estimate of drug-likeness (QED) is 0.666. The number of anilines is 1. The average Bonchev–Trinajstić information content (AvgIpc) is 2.65. The van der Waals surface area contributed by atoms with Gasteiger partial charge in [0.05, 0.1) is 36.9 Å². The van der Waals surface area contributed by atoms with Gasteiger partial charge in [-0.25, -0.2) is 8.42 Å². The second kappa shape index (κ2) is 8.29. The summed E-state index contributed by atoms with van der Waals surface area (Å²) in [6.45, 7) is -0.504. The van der Waals surface area contributed by atoms with E-state index in [0.29, 0.717) is 11.5 Å². The molecule has 0 aliphatic heterocycles. The Morgan fingerprint density at radius 2 is 1.81 bits per heavy atom. The fourth-order valence-electron chi connectivity index (χ4n) is 2.20. The van der Waals surface area contributed by atoms with Crippen LogP contribution < -0.4 is 13.8 Å². The number of esters is 1. The number of benzene rings is 2. The summed E-state index contributed by atoms with van der Waals surface area (Å²) in [4.78, 5) is 11.7. The molecule has 0 saturated carbocycles. The van der Waals surface area contributed by atoms with Crippen molar-refractivity contribution in [2.24, 2.45) is 0 Å². The fourth-order valence-corrected chi connectivity index (χ4v) is 3.95. The zero-order valence-corrected chi connectivity index (χ0v) is 16.0. The van der Waals surface area contributed by atoms with Crippen molar-refractivity contribution in [2.75, 3.05) is 32.2 Å². The van der Waals surface area contributed by atoms with Crippen molar-refractivity contribution in [2.45, 2.75) is 4.90 Å². The molecule has 2 aromatic carbocycles. The summed E-state index contributed by atoms with van der Waals surface area (Å²) in [5.41, 5.74) is 0.252. The van der Waals surface area contributed by atoms with Crippen LogP contribution in [0.4, 0.5) is 5.69 Å². The molecule has 0 aromatic heterocycles. The molecule has 0 atom stereocenters. The maximum Gasteiger partial charge on any atom is 0.326 e. The van der Waals surface area contributed by atoms with Crippen molar-refractivity contribution < 1.29 is 27.4 Å². The van der Waals surface area contributed by atoms with E-state index < -0.39 is 22.5 Å². The van der Waals surface area contributed by atoms with E-state index in [0.717, 1.165) is 4.31 Å². The van der Waals surface area contributed by atoms with E-state index in [2.05, 4.69) is 4.74 Å². The van der Waals surface area contributed by atoms with E-state index in [1.54, 1.807) is 18.2 Å². The van der Waals surface area contributed by atoms with Crippen LogP contribution in [0.3, 0.4) is 0 Å². The highest BCUT2D eigenvalue weighted by molar-refractivity contribution is 7.92. The highest BCUT2D eigenvalue weighted by atomic mass is 35.5. The Labute approximate surface area is 157 Å². The lowest BCUT2D eigenvalue weighted by Gasteiger charge is -2.24. The molecule has 0 spiro atoms. The predicted octanol–water partition coefficient (Wildman–Crippen LogP) is 2.73. The van der Waals surface area contributed by atoms with Gasteiger partial charge in [-0.3, -0.25) is 9.10 Å². The first-order valence-electron chi connectivity index (χ1n) is 7.40. The number of carbonyl (C=O) groups is 1. The number of sulfonamides is 1. The number of methoxy groups -OCH3 is 3. The molecule has 2 rings (SSSR count). The van der Waals surface area contributed by atoms with Crippen LogP contribution in [-0.2, 0) is 19.6 Å². The lowest BCUT2D eigenvalue weighted by Crippen LogP contribution is -2.36. The Bertz CT molecular complexity index is 900. The molecule has 0 aliphatic carbocycles. The number of hydrogen-bond donors (Lipinski definition) is 0. The zero-order chi connectivity index (χ0) is 19.3. The minimum Gasteiger partial charge on any atom is -0.497 e. The third-order valence-corrected chi connectivity index (χ3v) is 5.62. The van der Waals surface area contributed by atoms with Crippen molar-refractivity contribution in [1.29, 1.82) is 0 Å². The van der Waals surface area contributed by atoms with Gasteiger partial charge in [-0.1, -0.05) is 17.7 Å². The first-order chi connectivity index (χ1) is 12.3. The van der Waals surface area contributed by atoms with Crippen molar-refractivity contribution in [3.63, 3.8) is 0 Å². The molecule has 26 heavy (non-hydrogen) atoms. The number of nitrogens with zero attached hydrogens (tertiary/aromatic N) is 1. The third-order valence-electron chi connectivity index (χ3n) is 3.55. The molecule has 0 saturated heterocycles. The molecule has 0 amide bonds. The van der Waals surface area contributed by atoms with Crippen LogP contribution in [0.5, 0.6) is 11.5 Å². The van der Waals surface area contributed by atoms with E-state index in [4.69, 9.17) is 21.1 Å². The fraction of sp³-hybridized carbons (Fsp3) is 0.235. The van der Waals surface area contributed by atoms with Crippen molar-refractivity contribution in [1.82, 2.24) is 0 Å². The SMILES string of the molecule is COC(=O)CN(c1cccc(OC)c1)S(=O)(=O)c1ccc(OC)c(Cl)c1. The number of halogens is 1. The van der Waals surface area contributed by atoms with Crippen LogP contribution in [0, 0.1) is 0 Å². The second-order valence-corrected chi connectivity index (χ2v) is 7.36. The normalized spacial score (nSPS) is 10.9. The molecule has 140 valence electrons. The summed E-state index contributed by atoms with van der Waals surface area (Å²) < 4.78 is 42.0. The van der Waals surface area contributed by atoms with E-state index in [1.165, 1.54) is 45.6 Å².